The van der Waals surface area contributed by atoms with Gasteiger partial charge in [0.25, 0.3) is 0 Å². The molecule has 1 aromatic carbocycles. The van der Waals surface area contributed by atoms with Crippen LogP contribution >= 0.6 is 0 Å². The molecule has 1 aliphatic carbocycles. The van der Waals surface area contributed by atoms with Crippen molar-refractivity contribution in [3.63, 3.8) is 0 Å². The molecule has 1 saturated carbocycles. The van der Waals surface area contributed by atoms with E-state index in [4.69, 9.17) is 5.26 Å². The molecule has 0 radical (unpaired) electrons. The minimum Gasteiger partial charge on any atom is -0.389 e. The van der Waals surface area contributed by atoms with E-state index in [2.05, 4.69) is 11.0 Å². The highest BCUT2D eigenvalue weighted by molar-refractivity contribution is 5.58. The first kappa shape index (κ1) is 11.9. The number of anilines is 1. The average Bonchev–Trinajstić information content (AvgIpc) is 2.25. The van der Waals surface area contributed by atoms with Crippen molar-refractivity contribution in [2.24, 2.45) is 0 Å². The monoisotopic (exact) mass is 230 g/mol. The fourth-order valence-corrected chi connectivity index (χ4v) is 2.24. The maximum Gasteiger partial charge on any atom is 0.0992 e. The van der Waals surface area contributed by atoms with Gasteiger partial charge in [0.15, 0.2) is 0 Å². The first-order valence-electron chi connectivity index (χ1n) is 6.08. The third-order valence-electron chi connectivity index (χ3n) is 3.61. The van der Waals surface area contributed by atoms with Gasteiger partial charge >= 0.3 is 0 Å². The van der Waals surface area contributed by atoms with Crippen LogP contribution in [0.15, 0.2) is 18.2 Å². The molecule has 0 saturated heterocycles. The molecule has 1 fully saturated rings. The van der Waals surface area contributed by atoms with Gasteiger partial charge in [-0.3, -0.25) is 0 Å². The molecule has 1 aliphatic rings. The van der Waals surface area contributed by atoms with Crippen molar-refractivity contribution in [2.45, 2.75) is 38.3 Å². The number of nitriles is 1. The maximum atomic E-state index is 9.78. The Kier molecular flexibility index (Phi) is 3.35. The van der Waals surface area contributed by atoms with Gasteiger partial charge in [-0.2, -0.15) is 5.26 Å². The summed E-state index contributed by atoms with van der Waals surface area (Å²) >= 11 is 0. The molecule has 1 aromatic rings. The number of nitrogens with zero attached hydrogens (tertiary/aromatic N) is 2. The lowest BCUT2D eigenvalue weighted by atomic mass is 9.90. The number of aliphatic hydroxyl groups is 1. The van der Waals surface area contributed by atoms with Crippen LogP contribution in [0.2, 0.25) is 0 Å². The van der Waals surface area contributed by atoms with Crippen LogP contribution in [0.5, 0.6) is 0 Å². The fourth-order valence-electron chi connectivity index (χ4n) is 2.24. The highest BCUT2D eigenvalue weighted by atomic mass is 16.3. The molecule has 0 bridgehead atoms. The zero-order valence-corrected chi connectivity index (χ0v) is 10.3. The second-order valence-corrected chi connectivity index (χ2v) is 4.76. The van der Waals surface area contributed by atoms with Crippen LogP contribution in [0.4, 0.5) is 5.69 Å². The molecule has 1 unspecified atom stereocenters. The van der Waals surface area contributed by atoms with Gasteiger partial charge in [-0.15, -0.1) is 0 Å². The van der Waals surface area contributed by atoms with Crippen LogP contribution in [-0.2, 0) is 0 Å². The van der Waals surface area contributed by atoms with Gasteiger partial charge in [0.2, 0.25) is 0 Å². The lowest BCUT2D eigenvalue weighted by molar-refractivity contribution is 0.199. The normalized spacial score (nSPS) is 17.1. The Labute approximate surface area is 102 Å². The number of hydrogen-bond donors (Lipinski definition) is 1. The molecule has 2 rings (SSSR count). The molecule has 1 N–H and O–H groups in total. The van der Waals surface area contributed by atoms with Crippen molar-refractivity contribution in [3.05, 3.63) is 29.3 Å². The highest BCUT2D eigenvalue weighted by Gasteiger charge is 2.24. The number of benzene rings is 1. The summed E-state index contributed by atoms with van der Waals surface area (Å²) in [6.07, 6.45) is 3.18. The minimum atomic E-state index is -0.500. The number of aliphatic hydroxyl groups excluding tert-OH is 1. The van der Waals surface area contributed by atoms with Crippen LogP contribution < -0.4 is 4.90 Å². The summed E-state index contributed by atoms with van der Waals surface area (Å²) in [4.78, 5) is 2.20. The van der Waals surface area contributed by atoms with Gasteiger partial charge in [0.05, 0.1) is 17.7 Å². The third kappa shape index (κ3) is 2.27. The molecule has 3 nitrogen and oxygen atoms in total. The minimum absolute atomic E-state index is 0.500. The van der Waals surface area contributed by atoms with E-state index in [1.165, 1.54) is 19.3 Å². The SMILES string of the molecule is CC(O)c1ccc(C#N)cc1N(C)C1CCC1. The first-order chi connectivity index (χ1) is 8.13. The lowest BCUT2D eigenvalue weighted by Gasteiger charge is -2.37. The molecular formula is C14H18N2O. The van der Waals surface area contributed by atoms with Crippen LogP contribution in [-0.4, -0.2) is 18.2 Å². The Bertz CT molecular complexity index is 444. The molecule has 17 heavy (non-hydrogen) atoms. The quantitative estimate of drug-likeness (QED) is 0.868. The second kappa shape index (κ2) is 4.77. The van der Waals surface area contributed by atoms with Gasteiger partial charge in [-0.25, -0.2) is 0 Å². The van der Waals surface area contributed by atoms with E-state index in [1.807, 2.05) is 19.2 Å². The molecule has 3 heteroatoms. The van der Waals surface area contributed by atoms with Crippen molar-refractivity contribution < 1.29 is 5.11 Å². The Morgan fingerprint density at radius 1 is 1.47 bits per heavy atom. The summed E-state index contributed by atoms with van der Waals surface area (Å²) in [6, 6.07) is 8.21. The van der Waals surface area contributed by atoms with E-state index in [9.17, 15) is 5.11 Å². The van der Waals surface area contributed by atoms with Crippen molar-refractivity contribution in [1.29, 1.82) is 5.26 Å². The van der Waals surface area contributed by atoms with Crippen molar-refractivity contribution in [3.8, 4) is 6.07 Å². The standard InChI is InChI=1S/C14H18N2O/c1-10(17)13-7-6-11(9-15)8-14(13)16(2)12-4-3-5-12/h6-8,10,12,17H,3-5H2,1-2H3. The highest BCUT2D eigenvalue weighted by Crippen LogP contribution is 2.33. The van der Waals surface area contributed by atoms with E-state index in [1.54, 1.807) is 13.0 Å². The summed E-state index contributed by atoms with van der Waals surface area (Å²) in [5.74, 6) is 0. The predicted octanol–water partition coefficient (Wildman–Crippen LogP) is 2.60. The van der Waals surface area contributed by atoms with Gasteiger partial charge in [-0.1, -0.05) is 6.07 Å². The summed E-state index contributed by atoms with van der Waals surface area (Å²) in [5, 5.41) is 18.7. The fraction of sp³-hybridized carbons (Fsp3) is 0.500. The number of rotatable bonds is 3. The van der Waals surface area contributed by atoms with Gasteiger partial charge in [0, 0.05) is 24.3 Å². The molecular weight excluding hydrogens is 212 g/mol. The van der Waals surface area contributed by atoms with Crippen LogP contribution in [0.1, 0.15) is 43.4 Å². The first-order valence-corrected chi connectivity index (χ1v) is 6.08. The van der Waals surface area contributed by atoms with Crippen molar-refractivity contribution in [2.75, 3.05) is 11.9 Å². The van der Waals surface area contributed by atoms with Crippen molar-refractivity contribution >= 4 is 5.69 Å². The lowest BCUT2D eigenvalue weighted by Crippen LogP contribution is -2.37. The van der Waals surface area contributed by atoms with Crippen LogP contribution in [0.3, 0.4) is 0 Å². The van der Waals surface area contributed by atoms with E-state index >= 15 is 0 Å². The molecule has 0 heterocycles. The molecule has 0 aromatic heterocycles. The van der Waals surface area contributed by atoms with Crippen molar-refractivity contribution in [1.82, 2.24) is 0 Å². The smallest absolute Gasteiger partial charge is 0.0992 e. The molecule has 0 spiro atoms. The topological polar surface area (TPSA) is 47.3 Å². The summed E-state index contributed by atoms with van der Waals surface area (Å²) in [6.45, 7) is 1.76. The third-order valence-corrected chi connectivity index (χ3v) is 3.61. The summed E-state index contributed by atoms with van der Waals surface area (Å²) in [5.41, 5.74) is 2.54. The van der Waals surface area contributed by atoms with Crippen LogP contribution in [0.25, 0.3) is 0 Å². The van der Waals surface area contributed by atoms with E-state index in [0.717, 1.165) is 11.3 Å². The average molecular weight is 230 g/mol. The molecule has 1 atom stereocenters. The Hall–Kier alpha value is -1.53. The Morgan fingerprint density at radius 2 is 2.18 bits per heavy atom. The zero-order valence-electron chi connectivity index (χ0n) is 10.3. The molecule has 0 amide bonds. The summed E-state index contributed by atoms with van der Waals surface area (Å²) < 4.78 is 0. The second-order valence-electron chi connectivity index (χ2n) is 4.76. The van der Waals surface area contributed by atoms with E-state index < -0.39 is 6.10 Å². The van der Waals surface area contributed by atoms with Gasteiger partial charge in [-0.05, 0) is 38.3 Å². The molecule has 0 aliphatic heterocycles. The largest absolute Gasteiger partial charge is 0.389 e. The Morgan fingerprint density at radius 3 is 2.65 bits per heavy atom. The van der Waals surface area contributed by atoms with Crippen LogP contribution in [0, 0.1) is 11.3 Å². The molecule has 90 valence electrons. The maximum absolute atomic E-state index is 9.78. The van der Waals surface area contributed by atoms with E-state index in [0.29, 0.717) is 11.6 Å². The van der Waals surface area contributed by atoms with Gasteiger partial charge in [0.1, 0.15) is 0 Å². The van der Waals surface area contributed by atoms with Gasteiger partial charge < -0.3 is 10.0 Å². The Balaban J connectivity index is 2.37. The zero-order chi connectivity index (χ0) is 12.4. The summed E-state index contributed by atoms with van der Waals surface area (Å²) in [7, 11) is 2.05. The predicted molar refractivity (Wildman–Crippen MR) is 67.8 cm³/mol. The van der Waals surface area contributed by atoms with E-state index in [-0.39, 0.29) is 0 Å². The number of hydrogen-bond acceptors (Lipinski definition) is 3.